The van der Waals surface area contributed by atoms with Gasteiger partial charge in [0.2, 0.25) is 0 Å². The first-order chi connectivity index (χ1) is 14.2. The standard InChI is InChI=1S/C27H28N2.ClH/c1-20-24-13-8-12-23-16-15-22-11-6-7-14-26(22)29(27(23)24)25(20)17-18-28(2)19-21-9-4-3-5-10-21;/h3-14H,15-19H2,1-2H3;1H. The van der Waals surface area contributed by atoms with Crippen molar-refractivity contribution in [3.05, 3.63) is 101 Å². The molecule has 3 aromatic carbocycles. The number of likely N-dealkylation sites (N-methyl/N-ethyl adjacent to an activating group) is 1. The number of fused-ring (bicyclic) bond motifs is 2. The molecule has 0 unspecified atom stereocenters. The summed E-state index contributed by atoms with van der Waals surface area (Å²) in [6.07, 6.45) is 3.28. The first-order valence-corrected chi connectivity index (χ1v) is 10.6. The molecule has 1 aromatic heterocycles. The normalized spacial score (nSPS) is 12.5. The van der Waals surface area contributed by atoms with Crippen LogP contribution in [-0.4, -0.2) is 23.1 Å². The summed E-state index contributed by atoms with van der Waals surface area (Å²) < 4.78 is 2.57. The number of nitrogens with zero attached hydrogens (tertiary/aromatic N) is 2. The quantitative estimate of drug-likeness (QED) is 0.379. The average molecular weight is 417 g/mol. The van der Waals surface area contributed by atoms with Crippen molar-refractivity contribution in [2.24, 2.45) is 0 Å². The predicted molar refractivity (Wildman–Crippen MR) is 129 cm³/mol. The van der Waals surface area contributed by atoms with E-state index in [4.69, 9.17) is 0 Å². The van der Waals surface area contributed by atoms with Crippen LogP contribution in [0.5, 0.6) is 0 Å². The molecule has 0 amide bonds. The van der Waals surface area contributed by atoms with Gasteiger partial charge in [0.25, 0.3) is 0 Å². The Hall–Kier alpha value is -2.55. The summed E-state index contributed by atoms with van der Waals surface area (Å²) >= 11 is 0. The second kappa shape index (κ2) is 8.67. The van der Waals surface area contributed by atoms with Gasteiger partial charge in [-0.25, -0.2) is 0 Å². The van der Waals surface area contributed by atoms with Crippen LogP contribution < -0.4 is 0 Å². The van der Waals surface area contributed by atoms with Crippen molar-refractivity contribution in [1.29, 1.82) is 0 Å². The van der Waals surface area contributed by atoms with Crippen molar-refractivity contribution in [2.75, 3.05) is 13.6 Å². The van der Waals surface area contributed by atoms with E-state index in [1.165, 1.54) is 44.5 Å². The van der Waals surface area contributed by atoms with Gasteiger partial charge in [-0.05, 0) is 55.1 Å². The SMILES string of the molecule is Cc1c(CCN(C)Cc2ccccc2)n2c3c(cccc13)CCc1ccccc1-2.Cl. The molecule has 3 heteroatoms. The first kappa shape index (κ1) is 20.7. The maximum Gasteiger partial charge on any atom is 0.0566 e. The van der Waals surface area contributed by atoms with Gasteiger partial charge in [0.1, 0.15) is 0 Å². The summed E-state index contributed by atoms with van der Waals surface area (Å²) in [5.74, 6) is 0. The molecule has 0 fully saturated rings. The fraction of sp³-hybridized carbons (Fsp3) is 0.259. The zero-order chi connectivity index (χ0) is 19.8. The number of halogens is 1. The van der Waals surface area contributed by atoms with E-state index in [1.807, 2.05) is 0 Å². The lowest BCUT2D eigenvalue weighted by molar-refractivity contribution is 0.329. The lowest BCUT2D eigenvalue weighted by Gasteiger charge is -2.19. The monoisotopic (exact) mass is 416 g/mol. The van der Waals surface area contributed by atoms with Crippen LogP contribution in [0, 0.1) is 6.92 Å². The van der Waals surface area contributed by atoms with Crippen molar-refractivity contribution in [1.82, 2.24) is 9.47 Å². The van der Waals surface area contributed by atoms with E-state index in [0.29, 0.717) is 0 Å². The molecule has 154 valence electrons. The van der Waals surface area contributed by atoms with Crippen LogP contribution in [-0.2, 0) is 25.8 Å². The highest BCUT2D eigenvalue weighted by molar-refractivity contribution is 5.90. The van der Waals surface area contributed by atoms with Crippen molar-refractivity contribution in [3.63, 3.8) is 0 Å². The molecule has 4 aromatic rings. The number of rotatable bonds is 5. The Bertz CT molecular complexity index is 1160. The Balaban J connectivity index is 0.00000218. The predicted octanol–water partition coefficient (Wildman–Crippen LogP) is 6.13. The molecule has 0 aliphatic carbocycles. The number of para-hydroxylation sites is 2. The highest BCUT2D eigenvalue weighted by Crippen LogP contribution is 2.36. The third-order valence-electron chi connectivity index (χ3n) is 6.37. The molecule has 0 saturated heterocycles. The van der Waals surface area contributed by atoms with Crippen molar-refractivity contribution >= 4 is 23.3 Å². The molecule has 1 aliphatic rings. The summed E-state index contributed by atoms with van der Waals surface area (Å²) in [6, 6.07) is 26.6. The summed E-state index contributed by atoms with van der Waals surface area (Å²) in [7, 11) is 2.23. The third kappa shape index (κ3) is 3.66. The molecule has 0 bridgehead atoms. The maximum absolute atomic E-state index is 2.57. The van der Waals surface area contributed by atoms with Crippen LogP contribution in [0.25, 0.3) is 16.6 Å². The van der Waals surface area contributed by atoms with E-state index in [2.05, 4.69) is 96.2 Å². The lowest BCUT2D eigenvalue weighted by atomic mass is 10.0. The molecule has 2 nitrogen and oxygen atoms in total. The average Bonchev–Trinajstić information content (AvgIpc) is 2.92. The smallest absolute Gasteiger partial charge is 0.0566 e. The largest absolute Gasteiger partial charge is 0.313 e. The first-order valence-electron chi connectivity index (χ1n) is 10.6. The van der Waals surface area contributed by atoms with Crippen LogP contribution in [0.4, 0.5) is 0 Å². The molecular weight excluding hydrogens is 388 g/mol. The van der Waals surface area contributed by atoms with Gasteiger partial charge in [-0.1, -0.05) is 66.7 Å². The molecule has 0 atom stereocenters. The zero-order valence-corrected chi connectivity index (χ0v) is 18.6. The Morgan fingerprint density at radius 1 is 0.833 bits per heavy atom. The fourth-order valence-electron chi connectivity index (χ4n) is 4.86. The number of aromatic nitrogens is 1. The van der Waals surface area contributed by atoms with E-state index in [1.54, 1.807) is 0 Å². The van der Waals surface area contributed by atoms with E-state index in [-0.39, 0.29) is 12.4 Å². The molecular formula is C27H29ClN2. The van der Waals surface area contributed by atoms with Crippen LogP contribution in [0.3, 0.4) is 0 Å². The third-order valence-corrected chi connectivity index (χ3v) is 6.37. The summed E-state index contributed by atoms with van der Waals surface area (Å²) in [4.78, 5) is 2.43. The second-order valence-electron chi connectivity index (χ2n) is 8.32. The van der Waals surface area contributed by atoms with Gasteiger partial charge in [-0.15, -0.1) is 12.4 Å². The van der Waals surface area contributed by atoms with E-state index in [9.17, 15) is 0 Å². The summed E-state index contributed by atoms with van der Waals surface area (Å²) in [5.41, 5.74) is 10.0. The van der Waals surface area contributed by atoms with Gasteiger partial charge < -0.3 is 9.47 Å². The number of aryl methyl sites for hydroxylation is 3. The molecule has 5 rings (SSSR count). The number of benzene rings is 3. The fourth-order valence-corrected chi connectivity index (χ4v) is 4.86. The van der Waals surface area contributed by atoms with E-state index < -0.39 is 0 Å². The Kier molecular flexibility index (Phi) is 5.99. The highest BCUT2D eigenvalue weighted by atomic mass is 35.5. The minimum Gasteiger partial charge on any atom is -0.313 e. The van der Waals surface area contributed by atoms with Crippen LogP contribution in [0.2, 0.25) is 0 Å². The Morgan fingerprint density at radius 2 is 1.53 bits per heavy atom. The van der Waals surface area contributed by atoms with Crippen LogP contribution in [0.15, 0.2) is 72.8 Å². The highest BCUT2D eigenvalue weighted by Gasteiger charge is 2.22. The van der Waals surface area contributed by atoms with Gasteiger partial charge >= 0.3 is 0 Å². The van der Waals surface area contributed by atoms with Gasteiger partial charge in [-0.2, -0.15) is 0 Å². The summed E-state index contributed by atoms with van der Waals surface area (Å²) in [6.45, 7) is 4.34. The molecule has 0 radical (unpaired) electrons. The van der Waals surface area contributed by atoms with Gasteiger partial charge in [0, 0.05) is 36.3 Å². The van der Waals surface area contributed by atoms with Crippen molar-refractivity contribution < 1.29 is 0 Å². The van der Waals surface area contributed by atoms with E-state index >= 15 is 0 Å². The Labute approximate surface area is 185 Å². The molecule has 2 heterocycles. The molecule has 0 spiro atoms. The van der Waals surface area contributed by atoms with Gasteiger partial charge in [-0.3, -0.25) is 0 Å². The van der Waals surface area contributed by atoms with Crippen LogP contribution >= 0.6 is 12.4 Å². The molecule has 1 aliphatic heterocycles. The number of hydrogen-bond donors (Lipinski definition) is 0. The zero-order valence-electron chi connectivity index (χ0n) is 17.8. The van der Waals surface area contributed by atoms with Crippen LogP contribution in [0.1, 0.15) is 27.9 Å². The maximum atomic E-state index is 2.57. The van der Waals surface area contributed by atoms with Crippen molar-refractivity contribution in [3.8, 4) is 5.69 Å². The Morgan fingerprint density at radius 3 is 2.37 bits per heavy atom. The molecule has 0 N–H and O–H groups in total. The summed E-state index contributed by atoms with van der Waals surface area (Å²) in [5, 5.41) is 1.42. The molecule has 30 heavy (non-hydrogen) atoms. The minimum atomic E-state index is 0. The second-order valence-corrected chi connectivity index (χ2v) is 8.32. The lowest BCUT2D eigenvalue weighted by Crippen LogP contribution is -2.22. The topological polar surface area (TPSA) is 8.17 Å². The van der Waals surface area contributed by atoms with E-state index in [0.717, 1.165) is 32.4 Å². The minimum absolute atomic E-state index is 0. The van der Waals surface area contributed by atoms with Gasteiger partial charge in [0.05, 0.1) is 5.52 Å². The number of hydrogen-bond acceptors (Lipinski definition) is 1. The molecule has 0 saturated carbocycles. The van der Waals surface area contributed by atoms with Gasteiger partial charge in [0.15, 0.2) is 0 Å². The van der Waals surface area contributed by atoms with Crippen molar-refractivity contribution in [2.45, 2.75) is 32.7 Å².